The summed E-state index contributed by atoms with van der Waals surface area (Å²) >= 11 is 0. The number of carbonyl (C=O) groups excluding carboxylic acids is 2. The molecule has 1 N–H and O–H groups in total. The van der Waals surface area contributed by atoms with E-state index in [1.807, 2.05) is 25.1 Å². The van der Waals surface area contributed by atoms with E-state index in [0.717, 1.165) is 12.8 Å². The van der Waals surface area contributed by atoms with Crippen molar-refractivity contribution in [2.45, 2.75) is 33.6 Å². The molecule has 4 nitrogen and oxygen atoms in total. The zero-order valence-electron chi connectivity index (χ0n) is 12.6. The number of piperidine rings is 1. The van der Waals surface area contributed by atoms with Gasteiger partial charge in [-0.3, -0.25) is 9.59 Å². The first-order chi connectivity index (χ1) is 9.86. The van der Waals surface area contributed by atoms with Crippen LogP contribution in [0.2, 0.25) is 0 Å². The maximum absolute atomic E-state index is 12.4. The molecule has 1 aliphatic heterocycles. The normalized spacial score (nSPS) is 32.0. The van der Waals surface area contributed by atoms with Crippen molar-refractivity contribution in [3.05, 3.63) is 35.9 Å². The average Bonchev–Trinajstić information content (AvgIpc) is 2.61. The lowest BCUT2D eigenvalue weighted by Gasteiger charge is -2.44. The van der Waals surface area contributed by atoms with Crippen LogP contribution < -0.4 is 5.32 Å². The Hall–Kier alpha value is -1.97. The molecule has 110 valence electrons. The van der Waals surface area contributed by atoms with Gasteiger partial charge in [0.15, 0.2) is 0 Å². The van der Waals surface area contributed by atoms with Crippen molar-refractivity contribution >= 4 is 17.6 Å². The lowest BCUT2D eigenvalue weighted by atomic mass is 9.63. The smallest absolute Gasteiger partial charge is 0.278 e. The minimum atomic E-state index is -0.369. The fourth-order valence-electron chi connectivity index (χ4n) is 3.59. The molecule has 3 rings (SSSR count). The second-order valence-corrected chi connectivity index (χ2v) is 6.77. The van der Waals surface area contributed by atoms with Crippen molar-refractivity contribution in [3.8, 4) is 0 Å². The Morgan fingerprint density at radius 3 is 2.57 bits per heavy atom. The number of benzene rings is 1. The third-order valence-corrected chi connectivity index (χ3v) is 5.54. The van der Waals surface area contributed by atoms with Gasteiger partial charge in [-0.25, -0.2) is 0 Å². The van der Waals surface area contributed by atoms with Crippen LogP contribution in [0.25, 0.3) is 0 Å². The van der Waals surface area contributed by atoms with Crippen LogP contribution in [0.5, 0.6) is 0 Å². The standard InChI is InChI=1S/C17H20N2O2/c1-16(2)12-9-10-17(16,3)15(21)19-13(12)18-14(20)11-7-5-4-6-8-11/h4-8,12H,9-10H2,1-3H3,(H,18,19,20,21). The molecule has 4 heteroatoms. The summed E-state index contributed by atoms with van der Waals surface area (Å²) in [6, 6.07) is 8.95. The third kappa shape index (κ3) is 1.93. The van der Waals surface area contributed by atoms with Crippen LogP contribution in [-0.4, -0.2) is 17.6 Å². The molecule has 2 atom stereocenters. The number of fused-ring (bicyclic) bond motifs is 2. The molecule has 2 amide bonds. The van der Waals surface area contributed by atoms with E-state index in [1.165, 1.54) is 0 Å². The number of carbonyl (C=O) groups is 2. The van der Waals surface area contributed by atoms with E-state index in [0.29, 0.717) is 11.4 Å². The van der Waals surface area contributed by atoms with Crippen LogP contribution in [0.3, 0.4) is 0 Å². The number of amides is 2. The van der Waals surface area contributed by atoms with Crippen LogP contribution in [0.4, 0.5) is 0 Å². The van der Waals surface area contributed by atoms with Crippen molar-refractivity contribution in [2.24, 2.45) is 21.7 Å². The summed E-state index contributed by atoms with van der Waals surface area (Å²) in [5.74, 6) is 0.361. The van der Waals surface area contributed by atoms with Crippen LogP contribution in [-0.2, 0) is 4.79 Å². The monoisotopic (exact) mass is 284 g/mol. The van der Waals surface area contributed by atoms with Gasteiger partial charge in [0, 0.05) is 11.5 Å². The van der Waals surface area contributed by atoms with Gasteiger partial charge in [0.1, 0.15) is 5.84 Å². The summed E-state index contributed by atoms with van der Waals surface area (Å²) in [6.45, 7) is 6.22. The molecular weight excluding hydrogens is 264 g/mol. The largest absolute Gasteiger partial charge is 0.313 e. The molecule has 1 aromatic rings. The Morgan fingerprint density at radius 2 is 1.90 bits per heavy atom. The summed E-state index contributed by atoms with van der Waals surface area (Å²) in [4.78, 5) is 28.9. The molecule has 2 bridgehead atoms. The molecule has 2 aliphatic rings. The second kappa shape index (κ2) is 4.52. The maximum Gasteiger partial charge on any atom is 0.278 e. The van der Waals surface area contributed by atoms with Crippen LogP contribution in [0.1, 0.15) is 44.0 Å². The lowest BCUT2D eigenvalue weighted by molar-refractivity contribution is -0.135. The summed E-state index contributed by atoms with van der Waals surface area (Å²) in [7, 11) is 0. The summed E-state index contributed by atoms with van der Waals surface area (Å²) < 4.78 is 0. The van der Waals surface area contributed by atoms with Crippen molar-refractivity contribution in [3.63, 3.8) is 0 Å². The number of nitrogens with zero attached hydrogens (tertiary/aromatic N) is 1. The first-order valence-electron chi connectivity index (χ1n) is 7.36. The second-order valence-electron chi connectivity index (χ2n) is 6.77. The van der Waals surface area contributed by atoms with Crippen molar-refractivity contribution < 1.29 is 9.59 Å². The molecule has 2 unspecified atom stereocenters. The van der Waals surface area contributed by atoms with Crippen LogP contribution in [0, 0.1) is 16.7 Å². The first kappa shape index (κ1) is 14.0. The number of aliphatic imine (C=N–C) groups is 1. The van der Waals surface area contributed by atoms with Gasteiger partial charge in [0.2, 0.25) is 5.91 Å². The highest BCUT2D eigenvalue weighted by Gasteiger charge is 2.60. The molecule has 2 fully saturated rings. The molecule has 0 spiro atoms. The Bertz CT molecular complexity index is 633. The fourth-order valence-corrected chi connectivity index (χ4v) is 3.59. The zero-order valence-corrected chi connectivity index (χ0v) is 12.6. The van der Waals surface area contributed by atoms with Gasteiger partial charge in [-0.05, 0) is 30.4 Å². The highest BCUT2D eigenvalue weighted by atomic mass is 16.2. The first-order valence-corrected chi connectivity index (χ1v) is 7.36. The van der Waals surface area contributed by atoms with Gasteiger partial charge >= 0.3 is 0 Å². The predicted octanol–water partition coefficient (Wildman–Crippen LogP) is 2.80. The summed E-state index contributed by atoms with van der Waals surface area (Å²) in [5, 5.41) is 2.87. The number of nitrogens with one attached hydrogen (secondary N) is 1. The molecule has 1 saturated carbocycles. The Morgan fingerprint density at radius 1 is 1.24 bits per heavy atom. The van der Waals surface area contributed by atoms with Crippen LogP contribution in [0.15, 0.2) is 35.3 Å². The van der Waals surface area contributed by atoms with Gasteiger partial charge in [0.25, 0.3) is 5.91 Å². The van der Waals surface area contributed by atoms with E-state index in [2.05, 4.69) is 24.2 Å². The van der Waals surface area contributed by atoms with E-state index in [1.54, 1.807) is 12.1 Å². The molecule has 1 saturated heterocycles. The van der Waals surface area contributed by atoms with Gasteiger partial charge < -0.3 is 5.32 Å². The van der Waals surface area contributed by atoms with Crippen LogP contribution >= 0.6 is 0 Å². The quantitative estimate of drug-likeness (QED) is 0.862. The van der Waals surface area contributed by atoms with E-state index in [9.17, 15) is 9.59 Å². The van der Waals surface area contributed by atoms with E-state index in [4.69, 9.17) is 0 Å². The Balaban J connectivity index is 1.96. The van der Waals surface area contributed by atoms with E-state index < -0.39 is 0 Å². The highest BCUT2D eigenvalue weighted by Crippen LogP contribution is 2.58. The molecule has 1 heterocycles. The number of hydrogen-bond acceptors (Lipinski definition) is 2. The zero-order chi connectivity index (χ0) is 15.3. The number of amidine groups is 1. The SMILES string of the molecule is CC12CCC(C(=NC(=O)c3ccccc3)NC1=O)C2(C)C. The topological polar surface area (TPSA) is 58.5 Å². The van der Waals surface area contributed by atoms with E-state index in [-0.39, 0.29) is 28.6 Å². The van der Waals surface area contributed by atoms with Crippen molar-refractivity contribution in [2.75, 3.05) is 0 Å². The molecule has 1 aliphatic carbocycles. The fraction of sp³-hybridized carbons (Fsp3) is 0.471. The van der Waals surface area contributed by atoms with Gasteiger partial charge in [-0.1, -0.05) is 39.0 Å². The van der Waals surface area contributed by atoms with Gasteiger partial charge in [-0.15, -0.1) is 0 Å². The summed E-state index contributed by atoms with van der Waals surface area (Å²) in [5.41, 5.74) is 0.000771. The number of rotatable bonds is 1. The highest BCUT2D eigenvalue weighted by molar-refractivity contribution is 6.11. The maximum atomic E-state index is 12.4. The Labute approximate surface area is 124 Å². The molecule has 21 heavy (non-hydrogen) atoms. The molecule has 1 aromatic carbocycles. The van der Waals surface area contributed by atoms with Crippen molar-refractivity contribution in [1.29, 1.82) is 0 Å². The van der Waals surface area contributed by atoms with Gasteiger partial charge in [-0.2, -0.15) is 4.99 Å². The Kier molecular flexibility index (Phi) is 3.01. The van der Waals surface area contributed by atoms with Gasteiger partial charge in [0.05, 0.1) is 5.41 Å². The average molecular weight is 284 g/mol. The number of hydrogen-bond donors (Lipinski definition) is 1. The minimum Gasteiger partial charge on any atom is -0.313 e. The third-order valence-electron chi connectivity index (χ3n) is 5.54. The van der Waals surface area contributed by atoms with E-state index >= 15 is 0 Å². The predicted molar refractivity (Wildman–Crippen MR) is 81.0 cm³/mol. The molecule has 0 aromatic heterocycles. The summed E-state index contributed by atoms with van der Waals surface area (Å²) in [6.07, 6.45) is 1.73. The van der Waals surface area contributed by atoms with Crippen molar-refractivity contribution in [1.82, 2.24) is 5.32 Å². The molecular formula is C17H20N2O2. The molecule has 0 radical (unpaired) electrons. The lowest BCUT2D eigenvalue weighted by Crippen LogP contribution is -2.57. The minimum absolute atomic E-state index is 0.0131.